The van der Waals surface area contributed by atoms with Gasteiger partial charge >= 0.3 is 0 Å². The lowest BCUT2D eigenvalue weighted by molar-refractivity contribution is 0.191. The Kier molecular flexibility index (Phi) is 8.22. The number of piperidine rings is 1. The Bertz CT molecular complexity index is 621. The van der Waals surface area contributed by atoms with Crippen LogP contribution in [0.5, 0.6) is 0 Å². The highest BCUT2D eigenvalue weighted by molar-refractivity contribution is 5.79. The molecule has 2 heterocycles. The number of likely N-dealkylation sites (tertiary alicyclic amines) is 1. The summed E-state index contributed by atoms with van der Waals surface area (Å²) in [6.07, 6.45) is 8.31. The lowest BCUT2D eigenvalue weighted by atomic mass is 9.99. The molecule has 0 spiro atoms. The summed E-state index contributed by atoms with van der Waals surface area (Å²) in [5.41, 5.74) is 2.53. The van der Waals surface area contributed by atoms with Crippen LogP contribution in [0.2, 0.25) is 0 Å². The van der Waals surface area contributed by atoms with Crippen molar-refractivity contribution in [1.82, 2.24) is 15.5 Å². The maximum absolute atomic E-state index is 4.76. The molecule has 0 amide bonds. The molecule has 2 N–H and O–H groups in total. The van der Waals surface area contributed by atoms with E-state index in [2.05, 4.69) is 70.7 Å². The van der Waals surface area contributed by atoms with Gasteiger partial charge in [-0.3, -0.25) is 0 Å². The van der Waals surface area contributed by atoms with Crippen molar-refractivity contribution in [3.05, 3.63) is 42.0 Å². The first kappa shape index (κ1) is 20.7. The van der Waals surface area contributed by atoms with E-state index in [1.165, 1.54) is 43.7 Å². The van der Waals surface area contributed by atoms with Crippen LogP contribution in [0.15, 0.2) is 41.4 Å². The lowest BCUT2D eigenvalue weighted by Gasteiger charge is -2.30. The second-order valence-electron chi connectivity index (χ2n) is 8.04. The molecule has 0 unspecified atom stereocenters. The van der Waals surface area contributed by atoms with Crippen molar-refractivity contribution in [1.29, 1.82) is 0 Å². The average molecular weight is 384 g/mol. The standard InChI is InChI=1S/C23H37N5/c1-3-24-23(25-13-6-14-27-17-11-20(2)12-18-27)26-19-21-7-9-22(10-8-21)28-15-4-5-16-28/h4-5,7-10,20H,3,6,11-19H2,1-2H3,(H2,24,25,26). The number of benzene rings is 1. The summed E-state index contributed by atoms with van der Waals surface area (Å²) >= 11 is 0. The van der Waals surface area contributed by atoms with E-state index in [1.54, 1.807) is 0 Å². The van der Waals surface area contributed by atoms with Gasteiger partial charge in [-0.05, 0) is 69.4 Å². The molecule has 0 radical (unpaired) electrons. The van der Waals surface area contributed by atoms with Crippen molar-refractivity contribution in [3.63, 3.8) is 0 Å². The van der Waals surface area contributed by atoms with Crippen molar-refractivity contribution in [2.45, 2.75) is 39.7 Å². The monoisotopic (exact) mass is 383 g/mol. The van der Waals surface area contributed by atoms with Gasteiger partial charge in [0.15, 0.2) is 5.96 Å². The minimum absolute atomic E-state index is 0.706. The number of rotatable bonds is 8. The molecule has 0 aliphatic carbocycles. The fraction of sp³-hybridized carbons (Fsp3) is 0.609. The van der Waals surface area contributed by atoms with Crippen LogP contribution in [0.3, 0.4) is 0 Å². The first-order chi connectivity index (χ1) is 13.7. The summed E-state index contributed by atoms with van der Waals surface area (Å²) < 4.78 is 0. The van der Waals surface area contributed by atoms with E-state index >= 15 is 0 Å². The van der Waals surface area contributed by atoms with Gasteiger partial charge in [-0.1, -0.05) is 31.2 Å². The minimum Gasteiger partial charge on any atom is -0.364 e. The Hall–Kier alpha value is -2.01. The van der Waals surface area contributed by atoms with Gasteiger partial charge in [0.2, 0.25) is 0 Å². The fourth-order valence-electron chi connectivity index (χ4n) is 3.81. The molecule has 1 aromatic carbocycles. The molecule has 2 aliphatic rings. The van der Waals surface area contributed by atoms with Crippen LogP contribution in [0.4, 0.5) is 5.69 Å². The van der Waals surface area contributed by atoms with Gasteiger partial charge in [-0.15, -0.1) is 0 Å². The van der Waals surface area contributed by atoms with E-state index in [4.69, 9.17) is 4.99 Å². The van der Waals surface area contributed by atoms with Crippen LogP contribution in [-0.2, 0) is 6.54 Å². The molecule has 28 heavy (non-hydrogen) atoms. The molecule has 154 valence electrons. The Morgan fingerprint density at radius 3 is 2.46 bits per heavy atom. The van der Waals surface area contributed by atoms with E-state index in [9.17, 15) is 0 Å². The van der Waals surface area contributed by atoms with Crippen molar-refractivity contribution < 1.29 is 0 Å². The Balaban J connectivity index is 1.40. The maximum Gasteiger partial charge on any atom is 0.191 e. The smallest absolute Gasteiger partial charge is 0.191 e. The van der Waals surface area contributed by atoms with Crippen LogP contribution >= 0.6 is 0 Å². The third-order valence-corrected chi connectivity index (χ3v) is 5.70. The Morgan fingerprint density at radius 1 is 1.07 bits per heavy atom. The third kappa shape index (κ3) is 6.55. The van der Waals surface area contributed by atoms with Crippen molar-refractivity contribution in [2.75, 3.05) is 50.7 Å². The van der Waals surface area contributed by atoms with Crippen molar-refractivity contribution in [2.24, 2.45) is 10.9 Å². The normalized spacial score (nSPS) is 18.6. The van der Waals surface area contributed by atoms with Crippen molar-refractivity contribution in [3.8, 4) is 0 Å². The number of guanidine groups is 1. The number of aliphatic imine (C=N–C) groups is 1. The largest absolute Gasteiger partial charge is 0.364 e. The number of hydrogen-bond donors (Lipinski definition) is 2. The van der Waals surface area contributed by atoms with Gasteiger partial charge < -0.3 is 20.4 Å². The molecular formula is C23H37N5. The lowest BCUT2D eigenvalue weighted by Crippen LogP contribution is -2.39. The molecule has 5 nitrogen and oxygen atoms in total. The van der Waals surface area contributed by atoms with Gasteiger partial charge in [-0.25, -0.2) is 4.99 Å². The van der Waals surface area contributed by atoms with E-state index < -0.39 is 0 Å². The summed E-state index contributed by atoms with van der Waals surface area (Å²) in [5, 5.41) is 6.85. The molecule has 0 atom stereocenters. The van der Waals surface area contributed by atoms with E-state index in [0.29, 0.717) is 6.54 Å². The van der Waals surface area contributed by atoms with E-state index in [-0.39, 0.29) is 0 Å². The highest BCUT2D eigenvalue weighted by Gasteiger charge is 2.14. The van der Waals surface area contributed by atoms with Crippen LogP contribution < -0.4 is 15.5 Å². The van der Waals surface area contributed by atoms with Crippen LogP contribution in [0.25, 0.3) is 0 Å². The topological polar surface area (TPSA) is 42.9 Å². The van der Waals surface area contributed by atoms with Gasteiger partial charge in [0.1, 0.15) is 0 Å². The molecule has 0 saturated carbocycles. The minimum atomic E-state index is 0.706. The predicted octanol–water partition coefficient (Wildman–Crippen LogP) is 3.24. The molecule has 5 heteroatoms. The first-order valence-corrected chi connectivity index (χ1v) is 11.0. The molecule has 0 bridgehead atoms. The zero-order valence-electron chi connectivity index (χ0n) is 17.7. The van der Waals surface area contributed by atoms with E-state index in [0.717, 1.165) is 44.5 Å². The highest BCUT2D eigenvalue weighted by atomic mass is 15.2. The number of anilines is 1. The van der Waals surface area contributed by atoms with Crippen molar-refractivity contribution >= 4 is 11.6 Å². The second-order valence-corrected chi connectivity index (χ2v) is 8.04. The van der Waals surface area contributed by atoms with Gasteiger partial charge in [0.25, 0.3) is 0 Å². The van der Waals surface area contributed by atoms with Gasteiger partial charge in [0.05, 0.1) is 6.54 Å². The third-order valence-electron chi connectivity index (χ3n) is 5.70. The fourth-order valence-corrected chi connectivity index (χ4v) is 3.81. The molecule has 3 rings (SSSR count). The number of hydrogen-bond acceptors (Lipinski definition) is 3. The summed E-state index contributed by atoms with van der Waals surface area (Å²) in [5.74, 6) is 1.82. The summed E-state index contributed by atoms with van der Waals surface area (Å²) in [6, 6.07) is 8.80. The van der Waals surface area contributed by atoms with Crippen LogP contribution in [0.1, 0.15) is 38.7 Å². The van der Waals surface area contributed by atoms with Gasteiger partial charge in [0, 0.05) is 31.9 Å². The molecule has 2 aliphatic heterocycles. The molecule has 1 saturated heterocycles. The average Bonchev–Trinajstić information content (AvgIpc) is 3.26. The zero-order valence-corrected chi connectivity index (χ0v) is 17.7. The molecule has 1 fully saturated rings. The van der Waals surface area contributed by atoms with Crippen LogP contribution in [0, 0.1) is 5.92 Å². The van der Waals surface area contributed by atoms with E-state index in [1.807, 2.05) is 0 Å². The van der Waals surface area contributed by atoms with Gasteiger partial charge in [-0.2, -0.15) is 0 Å². The Morgan fingerprint density at radius 2 is 1.79 bits per heavy atom. The molecule has 0 aromatic heterocycles. The summed E-state index contributed by atoms with van der Waals surface area (Å²) in [6.45, 7) is 12.8. The predicted molar refractivity (Wildman–Crippen MR) is 120 cm³/mol. The zero-order chi connectivity index (χ0) is 19.6. The van der Waals surface area contributed by atoms with Crippen LogP contribution in [-0.4, -0.2) is 56.7 Å². The SMILES string of the molecule is CCNC(=NCc1ccc(N2CC=CC2)cc1)NCCCN1CCC(C)CC1. The second kappa shape index (κ2) is 11.1. The maximum atomic E-state index is 4.76. The Labute approximate surface area is 170 Å². The quantitative estimate of drug-likeness (QED) is 0.313. The summed E-state index contributed by atoms with van der Waals surface area (Å²) in [7, 11) is 0. The highest BCUT2D eigenvalue weighted by Crippen LogP contribution is 2.18. The summed E-state index contributed by atoms with van der Waals surface area (Å²) in [4.78, 5) is 9.72. The molecular weight excluding hydrogens is 346 g/mol. The molecule has 1 aromatic rings. The number of nitrogens with zero attached hydrogens (tertiary/aromatic N) is 3. The number of nitrogens with one attached hydrogen (secondary N) is 2. The first-order valence-electron chi connectivity index (χ1n) is 11.0.